The summed E-state index contributed by atoms with van der Waals surface area (Å²) in [6.45, 7) is 9.74. The van der Waals surface area contributed by atoms with Gasteiger partial charge in [0, 0.05) is 0 Å². The van der Waals surface area contributed by atoms with E-state index in [-0.39, 0.29) is 11.3 Å². The average molecular weight is 237 g/mol. The molecule has 0 saturated carbocycles. The topological polar surface area (TPSA) is 29.1 Å². The molecule has 1 aromatic carbocycles. The summed E-state index contributed by atoms with van der Waals surface area (Å²) in [5.74, 6) is -0.632. The summed E-state index contributed by atoms with van der Waals surface area (Å²) in [5.41, 5.74) is 0.980. The van der Waals surface area contributed by atoms with Gasteiger partial charge in [-0.2, -0.15) is 0 Å². The maximum absolute atomic E-state index is 13.9. The van der Waals surface area contributed by atoms with Crippen LogP contribution in [0, 0.1) is 19.7 Å². The van der Waals surface area contributed by atoms with E-state index < -0.39 is 11.4 Å². The Morgan fingerprint density at radius 3 is 2.41 bits per heavy atom. The number of likely N-dealkylation sites (N-methyl/N-ethyl adjacent to an activating group) is 1. The fraction of sp³-hybridized carbons (Fsp3) is 0.500. The SMILES string of the molecule is CCNC(C)(C)C(=O)c1c(C)cc(C)cc1F. The molecule has 0 aliphatic carbocycles. The number of benzene rings is 1. The van der Waals surface area contributed by atoms with Crippen molar-refractivity contribution in [1.29, 1.82) is 0 Å². The number of hydrogen-bond acceptors (Lipinski definition) is 2. The maximum Gasteiger partial charge on any atom is 0.185 e. The lowest BCUT2D eigenvalue weighted by Crippen LogP contribution is -2.47. The van der Waals surface area contributed by atoms with Crippen molar-refractivity contribution in [2.45, 2.75) is 40.2 Å². The van der Waals surface area contributed by atoms with Gasteiger partial charge in [-0.1, -0.05) is 13.0 Å². The van der Waals surface area contributed by atoms with Crippen LogP contribution in [0.25, 0.3) is 0 Å². The molecule has 0 heterocycles. The molecule has 3 heteroatoms. The maximum atomic E-state index is 13.9. The number of aryl methyl sites for hydroxylation is 2. The summed E-state index contributed by atoms with van der Waals surface area (Å²) >= 11 is 0. The molecule has 0 amide bonds. The van der Waals surface area contributed by atoms with Gasteiger partial charge in [0.05, 0.1) is 11.1 Å². The highest BCUT2D eigenvalue weighted by Crippen LogP contribution is 2.21. The van der Waals surface area contributed by atoms with E-state index in [1.54, 1.807) is 20.8 Å². The molecule has 1 aromatic rings. The molecule has 0 saturated heterocycles. The van der Waals surface area contributed by atoms with E-state index in [9.17, 15) is 9.18 Å². The second kappa shape index (κ2) is 4.96. The Morgan fingerprint density at radius 1 is 1.35 bits per heavy atom. The third-order valence-corrected chi connectivity index (χ3v) is 2.85. The first-order chi connectivity index (χ1) is 7.79. The quantitative estimate of drug-likeness (QED) is 0.816. The zero-order chi connectivity index (χ0) is 13.2. The minimum Gasteiger partial charge on any atom is -0.305 e. The molecule has 0 atom stereocenters. The van der Waals surface area contributed by atoms with Crippen LogP contribution < -0.4 is 5.32 Å². The number of ketones is 1. The van der Waals surface area contributed by atoms with Gasteiger partial charge in [-0.25, -0.2) is 4.39 Å². The zero-order valence-electron chi connectivity index (χ0n) is 11.1. The number of halogens is 1. The van der Waals surface area contributed by atoms with Crippen LogP contribution in [-0.2, 0) is 0 Å². The van der Waals surface area contributed by atoms with Crippen molar-refractivity contribution in [3.63, 3.8) is 0 Å². The Hall–Kier alpha value is -1.22. The minimum absolute atomic E-state index is 0.196. The van der Waals surface area contributed by atoms with E-state index in [2.05, 4.69) is 5.32 Å². The lowest BCUT2D eigenvalue weighted by Gasteiger charge is -2.25. The van der Waals surface area contributed by atoms with Crippen molar-refractivity contribution < 1.29 is 9.18 Å². The first kappa shape index (κ1) is 13.8. The fourth-order valence-electron chi connectivity index (χ4n) is 2.04. The predicted octanol–water partition coefficient (Wildman–Crippen LogP) is 3.01. The summed E-state index contributed by atoms with van der Waals surface area (Å²) < 4.78 is 13.9. The molecule has 0 bridgehead atoms. The molecular weight excluding hydrogens is 217 g/mol. The van der Waals surface area contributed by atoms with Gasteiger partial charge in [0.15, 0.2) is 5.78 Å². The van der Waals surface area contributed by atoms with Crippen molar-refractivity contribution in [3.8, 4) is 0 Å². The van der Waals surface area contributed by atoms with Crippen LogP contribution in [0.15, 0.2) is 12.1 Å². The zero-order valence-corrected chi connectivity index (χ0v) is 11.1. The Balaban J connectivity index is 3.21. The normalized spacial score (nSPS) is 11.6. The predicted molar refractivity (Wildman–Crippen MR) is 68.0 cm³/mol. The highest BCUT2D eigenvalue weighted by molar-refractivity contribution is 6.04. The number of rotatable bonds is 4. The van der Waals surface area contributed by atoms with E-state index in [0.29, 0.717) is 12.1 Å². The van der Waals surface area contributed by atoms with E-state index in [1.165, 1.54) is 6.07 Å². The number of carbonyl (C=O) groups is 1. The monoisotopic (exact) mass is 237 g/mol. The molecule has 0 aromatic heterocycles. The molecule has 2 nitrogen and oxygen atoms in total. The second-order valence-electron chi connectivity index (χ2n) is 4.92. The minimum atomic E-state index is -0.740. The van der Waals surface area contributed by atoms with Crippen molar-refractivity contribution in [2.24, 2.45) is 0 Å². The van der Waals surface area contributed by atoms with Crippen LogP contribution in [0.2, 0.25) is 0 Å². The van der Waals surface area contributed by atoms with Gasteiger partial charge in [0.25, 0.3) is 0 Å². The Labute approximate surface area is 102 Å². The summed E-state index contributed by atoms with van der Waals surface area (Å²) in [7, 11) is 0. The van der Waals surface area contributed by atoms with Crippen molar-refractivity contribution in [3.05, 3.63) is 34.6 Å². The van der Waals surface area contributed by atoms with Crippen LogP contribution in [0.3, 0.4) is 0 Å². The molecule has 94 valence electrons. The Bertz CT molecular complexity index is 415. The van der Waals surface area contributed by atoms with Crippen LogP contribution in [0.4, 0.5) is 4.39 Å². The lowest BCUT2D eigenvalue weighted by atomic mass is 9.89. The van der Waals surface area contributed by atoms with Gasteiger partial charge in [-0.3, -0.25) is 4.79 Å². The van der Waals surface area contributed by atoms with Gasteiger partial charge in [0.1, 0.15) is 5.82 Å². The van der Waals surface area contributed by atoms with E-state index in [1.807, 2.05) is 19.9 Å². The summed E-state index contributed by atoms with van der Waals surface area (Å²) in [6, 6.07) is 3.24. The summed E-state index contributed by atoms with van der Waals surface area (Å²) in [5, 5.41) is 3.07. The Kier molecular flexibility index (Phi) is 4.04. The average Bonchev–Trinajstić information content (AvgIpc) is 2.15. The molecule has 0 unspecified atom stereocenters. The largest absolute Gasteiger partial charge is 0.305 e. The van der Waals surface area contributed by atoms with Gasteiger partial charge in [-0.05, 0) is 51.4 Å². The van der Waals surface area contributed by atoms with Crippen molar-refractivity contribution in [1.82, 2.24) is 5.32 Å². The second-order valence-corrected chi connectivity index (χ2v) is 4.92. The smallest absolute Gasteiger partial charge is 0.185 e. The van der Waals surface area contributed by atoms with Crippen molar-refractivity contribution >= 4 is 5.78 Å². The van der Waals surface area contributed by atoms with Gasteiger partial charge in [-0.15, -0.1) is 0 Å². The fourth-order valence-corrected chi connectivity index (χ4v) is 2.04. The van der Waals surface area contributed by atoms with Crippen LogP contribution >= 0.6 is 0 Å². The molecular formula is C14H20FNO. The molecule has 1 rings (SSSR count). The molecule has 0 spiro atoms. The molecule has 1 N–H and O–H groups in total. The van der Waals surface area contributed by atoms with Gasteiger partial charge < -0.3 is 5.32 Å². The highest BCUT2D eigenvalue weighted by atomic mass is 19.1. The molecule has 0 fully saturated rings. The van der Waals surface area contributed by atoms with E-state index in [0.717, 1.165) is 5.56 Å². The summed E-state index contributed by atoms with van der Waals surface area (Å²) in [4.78, 5) is 12.3. The molecule has 17 heavy (non-hydrogen) atoms. The first-order valence-corrected chi connectivity index (χ1v) is 5.86. The number of carbonyl (C=O) groups excluding carboxylic acids is 1. The molecule has 0 aliphatic heterocycles. The molecule has 0 aliphatic rings. The van der Waals surface area contributed by atoms with Gasteiger partial charge in [0.2, 0.25) is 0 Å². The highest BCUT2D eigenvalue weighted by Gasteiger charge is 2.30. The standard InChI is InChI=1S/C14H20FNO/c1-6-16-14(4,5)13(17)12-10(3)7-9(2)8-11(12)15/h7-8,16H,6H2,1-5H3. The van der Waals surface area contributed by atoms with Crippen LogP contribution in [-0.4, -0.2) is 17.9 Å². The third kappa shape index (κ3) is 2.91. The van der Waals surface area contributed by atoms with E-state index in [4.69, 9.17) is 0 Å². The number of hydrogen-bond donors (Lipinski definition) is 1. The number of Topliss-reactive ketones (excluding diaryl/α,β-unsaturated/α-hetero) is 1. The number of nitrogens with one attached hydrogen (secondary N) is 1. The third-order valence-electron chi connectivity index (χ3n) is 2.85. The van der Waals surface area contributed by atoms with Crippen molar-refractivity contribution in [2.75, 3.05) is 6.54 Å². The summed E-state index contributed by atoms with van der Waals surface area (Å²) in [6.07, 6.45) is 0. The first-order valence-electron chi connectivity index (χ1n) is 5.86. The lowest BCUT2D eigenvalue weighted by molar-refractivity contribution is 0.0879. The van der Waals surface area contributed by atoms with Gasteiger partial charge >= 0.3 is 0 Å². The van der Waals surface area contributed by atoms with Crippen LogP contribution in [0.5, 0.6) is 0 Å². The molecule has 0 radical (unpaired) electrons. The van der Waals surface area contributed by atoms with Crippen LogP contribution in [0.1, 0.15) is 42.3 Å². The van der Waals surface area contributed by atoms with E-state index >= 15 is 0 Å². The Morgan fingerprint density at radius 2 is 1.94 bits per heavy atom.